The van der Waals surface area contributed by atoms with Gasteiger partial charge in [0, 0.05) is 0 Å². The van der Waals surface area contributed by atoms with Gasteiger partial charge in [-0.1, -0.05) is 0 Å². The van der Waals surface area contributed by atoms with E-state index in [-0.39, 0.29) is 0 Å². The van der Waals surface area contributed by atoms with E-state index in [0.717, 1.165) is 6.54 Å². The average Bonchev–Trinajstić information content (AvgIpc) is 2.80. The molecule has 0 aliphatic heterocycles. The molecule has 0 fully saturated rings. The van der Waals surface area contributed by atoms with E-state index >= 15 is 0 Å². The van der Waals surface area contributed by atoms with E-state index in [0.29, 0.717) is 0 Å². The monoisotopic (exact) mass is 231 g/mol. The number of aromatic nitrogens is 2. The van der Waals surface area contributed by atoms with Crippen LogP contribution in [0.15, 0.2) is 18.7 Å². The van der Waals surface area contributed by atoms with Gasteiger partial charge in [-0.15, -0.1) is 0 Å². The van der Waals surface area contributed by atoms with Crippen molar-refractivity contribution in [3.8, 4) is 18.2 Å². The number of nitrogens with zero attached hydrogens (tertiary/aromatic N) is 5. The topological polar surface area (TPSA) is 89.4 Å². The zero-order valence-electron chi connectivity index (χ0n) is 9.08. The second-order valence-electron chi connectivity index (χ2n) is 2.93. The molecule has 88 valence electrons. The van der Waals surface area contributed by atoms with Gasteiger partial charge in [0.15, 0.2) is 0 Å². The molecule has 0 spiro atoms. The van der Waals surface area contributed by atoms with Gasteiger partial charge in [0.05, 0.1) is 21.6 Å². The van der Waals surface area contributed by atoms with E-state index in [1.54, 1.807) is 0 Å². The van der Waals surface area contributed by atoms with Gasteiger partial charge in [-0.05, 0) is 6.92 Å². The Morgan fingerprint density at radius 3 is 2.00 bits per heavy atom. The van der Waals surface area contributed by atoms with Gasteiger partial charge in [0.25, 0.3) is 5.60 Å². The summed E-state index contributed by atoms with van der Waals surface area (Å²) < 4.78 is 8.71. The summed E-state index contributed by atoms with van der Waals surface area (Å²) in [4.78, 5) is 0. The second kappa shape index (κ2) is 7.06. The first-order valence-electron chi connectivity index (χ1n) is 4.46. The molecule has 6 nitrogen and oxygen atoms in total. The third-order valence-corrected chi connectivity index (χ3v) is 1.66. The lowest BCUT2D eigenvalue weighted by molar-refractivity contribution is -0.671. The highest BCUT2D eigenvalue weighted by molar-refractivity contribution is 5.99. The Morgan fingerprint density at radius 2 is 1.88 bits per heavy atom. The Balaban J connectivity index is 0.000000302. The summed E-state index contributed by atoms with van der Waals surface area (Å²) >= 11 is 0. The molecule has 1 rings (SSSR count). The molecule has 0 saturated carbocycles. The number of imidazole rings is 1. The van der Waals surface area contributed by atoms with Gasteiger partial charge < -0.3 is 4.65 Å². The zero-order chi connectivity index (χ0) is 13.3. The summed E-state index contributed by atoms with van der Waals surface area (Å²) in [7, 11) is 1.49. The van der Waals surface area contributed by atoms with E-state index < -0.39 is 13.7 Å². The Bertz CT molecular complexity index is 440. The molecule has 0 unspecified atom stereocenters. The van der Waals surface area contributed by atoms with Crippen molar-refractivity contribution in [3.05, 3.63) is 18.7 Å². The normalized spacial score (nSPS) is 9.18. The van der Waals surface area contributed by atoms with Crippen LogP contribution in [0.2, 0.25) is 0 Å². The minimum atomic E-state index is -1.81. The van der Waals surface area contributed by atoms with E-state index in [1.165, 1.54) is 18.2 Å². The van der Waals surface area contributed by atoms with Crippen molar-refractivity contribution in [2.75, 3.05) is 0 Å². The molecular formula is C10H14BN5O. The van der Waals surface area contributed by atoms with Crippen LogP contribution in [-0.4, -0.2) is 18.2 Å². The summed E-state index contributed by atoms with van der Waals surface area (Å²) in [6.07, 6.45) is 6.14. The van der Waals surface area contributed by atoms with Crippen LogP contribution in [0.3, 0.4) is 0 Å². The second-order valence-corrected chi connectivity index (χ2v) is 2.93. The Hall–Kier alpha value is -2.30. The van der Waals surface area contributed by atoms with Gasteiger partial charge >= 0.3 is 0 Å². The van der Waals surface area contributed by atoms with Crippen molar-refractivity contribution in [1.29, 1.82) is 15.8 Å². The van der Waals surface area contributed by atoms with Crippen LogP contribution >= 0.6 is 0 Å². The lowest BCUT2D eigenvalue weighted by Gasteiger charge is -2.10. The lowest BCUT2D eigenvalue weighted by atomic mass is 10.1. The van der Waals surface area contributed by atoms with Crippen LogP contribution in [0.1, 0.15) is 6.92 Å². The van der Waals surface area contributed by atoms with Gasteiger partial charge in [0.1, 0.15) is 30.6 Å². The van der Waals surface area contributed by atoms with Gasteiger partial charge in [0.2, 0.25) is 6.33 Å². The predicted molar refractivity (Wildman–Crippen MR) is 61.9 cm³/mol. The fourth-order valence-electron chi connectivity index (χ4n) is 0.764. The van der Waals surface area contributed by atoms with Crippen molar-refractivity contribution < 1.29 is 9.22 Å². The Kier molecular flexibility index (Phi) is 6.10. The van der Waals surface area contributed by atoms with E-state index in [9.17, 15) is 0 Å². The van der Waals surface area contributed by atoms with Gasteiger partial charge in [-0.25, -0.2) is 9.13 Å². The fourth-order valence-corrected chi connectivity index (χ4v) is 0.764. The molecule has 7 heteroatoms. The number of rotatable bonds is 2. The largest absolute Gasteiger partial charge is 0.563 e. The zero-order valence-corrected chi connectivity index (χ0v) is 9.08. The third-order valence-electron chi connectivity index (χ3n) is 1.66. The molecular weight excluding hydrogens is 217 g/mol. The van der Waals surface area contributed by atoms with Crippen LogP contribution < -0.4 is 4.57 Å². The predicted octanol–water partition coefficient (Wildman–Crippen LogP) is -1.07. The number of hydrogen-bond acceptors (Lipinski definition) is 4. The van der Waals surface area contributed by atoms with Gasteiger partial charge in [-0.2, -0.15) is 15.8 Å². The lowest BCUT2D eigenvalue weighted by Crippen LogP contribution is -2.24. The molecule has 0 aromatic carbocycles. The summed E-state index contributed by atoms with van der Waals surface area (Å²) in [6, 6.07) is 4.45. The first kappa shape index (κ1) is 14.7. The highest BCUT2D eigenvalue weighted by atomic mass is 16.4. The van der Waals surface area contributed by atoms with Crippen LogP contribution in [-0.2, 0) is 18.2 Å². The summed E-state index contributed by atoms with van der Waals surface area (Å²) in [5.74, 6) is 0. The molecule has 1 aromatic heterocycles. The highest BCUT2D eigenvalue weighted by Gasteiger charge is 2.24. The summed E-state index contributed by atoms with van der Waals surface area (Å²) in [5, 5.41) is 24.6. The number of hydrogen-bond donors (Lipinski definition) is 0. The molecule has 0 bridgehead atoms. The van der Waals surface area contributed by atoms with Crippen LogP contribution in [0.25, 0.3) is 0 Å². The smallest absolute Gasteiger partial charge is 0.289 e. The fraction of sp³-hybridized carbons (Fsp3) is 0.400. The molecule has 0 amide bonds. The maximum atomic E-state index is 8.20. The van der Waals surface area contributed by atoms with Crippen molar-refractivity contribution >= 4 is 8.05 Å². The van der Waals surface area contributed by atoms with Crippen molar-refractivity contribution in [2.24, 2.45) is 7.05 Å². The molecule has 0 aliphatic rings. The molecule has 17 heavy (non-hydrogen) atoms. The van der Waals surface area contributed by atoms with Crippen molar-refractivity contribution in [2.45, 2.75) is 19.1 Å². The molecule has 0 atom stereocenters. The number of nitriles is 3. The molecule has 0 radical (unpaired) electrons. The molecule has 1 heterocycles. The summed E-state index contributed by atoms with van der Waals surface area (Å²) in [6.45, 7) is 3.18. The van der Waals surface area contributed by atoms with Crippen LogP contribution in [0, 0.1) is 34.0 Å². The highest BCUT2D eigenvalue weighted by Crippen LogP contribution is 2.02. The van der Waals surface area contributed by atoms with Gasteiger partial charge in [-0.3, -0.25) is 0 Å². The Morgan fingerprint density at radius 1 is 1.35 bits per heavy atom. The maximum absolute atomic E-state index is 8.20. The minimum Gasteiger partial charge on any atom is -0.563 e. The quantitative estimate of drug-likeness (QED) is 0.478. The number of aryl methyl sites for hydroxylation is 2. The van der Waals surface area contributed by atoms with Crippen LogP contribution in [0.4, 0.5) is 0 Å². The standard InChI is InChI=1S/C6H11N2.C4H3BN3O/c1-3-8-5-4-7(2)6-8;5-9-4(1-6,2-7)3-8/h4-6H,3H2,1-2H3;5H3/q+1;-1. The molecule has 1 aromatic rings. The van der Waals surface area contributed by atoms with E-state index in [1.807, 2.05) is 17.8 Å². The maximum Gasteiger partial charge on any atom is 0.289 e. The molecule has 0 N–H and O–H groups in total. The van der Waals surface area contributed by atoms with E-state index in [2.05, 4.69) is 28.7 Å². The van der Waals surface area contributed by atoms with Crippen LogP contribution in [0.5, 0.6) is 0 Å². The minimum absolute atomic E-state index is 0.534. The Labute approximate surface area is 101 Å². The molecule has 0 aliphatic carbocycles. The van der Waals surface area contributed by atoms with E-state index in [4.69, 9.17) is 15.8 Å². The molecule has 0 saturated heterocycles. The average molecular weight is 231 g/mol. The first-order chi connectivity index (χ1) is 8.07. The third kappa shape index (κ3) is 4.38. The SMILES string of the molecule is CCn1cc[n+](C)c1.[BH3-]OC(C#N)(C#N)C#N. The van der Waals surface area contributed by atoms with Crippen molar-refractivity contribution in [1.82, 2.24) is 4.57 Å². The van der Waals surface area contributed by atoms with Crippen molar-refractivity contribution in [3.63, 3.8) is 0 Å². The summed E-state index contributed by atoms with van der Waals surface area (Å²) in [5.41, 5.74) is -1.81. The first-order valence-corrected chi connectivity index (χ1v) is 4.46.